The molecule has 0 spiro atoms. The molecule has 0 aromatic heterocycles. The summed E-state index contributed by atoms with van der Waals surface area (Å²) >= 11 is 0. The Hall–Kier alpha value is -2.41. The minimum Gasteiger partial charge on any atom is -0.497 e. The number of rotatable bonds is 10. The van der Waals surface area contributed by atoms with Crippen molar-refractivity contribution in [3.63, 3.8) is 0 Å². The van der Waals surface area contributed by atoms with Crippen LogP contribution in [0.2, 0.25) is 0 Å². The van der Waals surface area contributed by atoms with E-state index >= 15 is 4.39 Å². The van der Waals surface area contributed by atoms with Crippen molar-refractivity contribution in [3.05, 3.63) is 69.5 Å². The minimum absolute atomic E-state index is 0.112. The molecule has 0 fully saturated rings. The van der Waals surface area contributed by atoms with E-state index in [1.807, 2.05) is 12.1 Å². The lowest BCUT2D eigenvalue weighted by Crippen LogP contribution is -2.52. The Morgan fingerprint density at radius 3 is 2.29 bits per heavy atom. The summed E-state index contributed by atoms with van der Waals surface area (Å²) in [6.45, 7) is 6.99. The Morgan fingerprint density at radius 1 is 1.20 bits per heavy atom. The number of hydrogen-bond donors (Lipinski definition) is 1. The lowest BCUT2D eigenvalue weighted by Gasteiger charge is -2.36. The molecule has 0 saturated carbocycles. The van der Waals surface area contributed by atoms with Crippen LogP contribution in [-0.4, -0.2) is 49.4 Å². The second-order valence-electron chi connectivity index (χ2n) is 9.30. The number of benzene rings is 2. The molecule has 3 atom stereocenters. The Balaban J connectivity index is 2.54. The van der Waals surface area contributed by atoms with E-state index in [9.17, 15) is 18.5 Å². The standard InChI is InChI=1S/C23H33FN4O5S2/c1-22(2,3)34(31)26-23(4,20-14-18(28(29)30)10-13-21(20)24)16-35(32,25-5)27(6)15-17-8-11-19(33-7)12-9-17/h8-14,26H,15-16H2,1-7H3/t23-,34+,35?/m0/s1. The third-order valence-electron chi connectivity index (χ3n) is 5.44. The molecule has 0 amide bonds. The van der Waals surface area contributed by atoms with Crippen molar-refractivity contribution in [1.82, 2.24) is 9.03 Å². The topological polar surface area (TPSA) is 114 Å². The van der Waals surface area contributed by atoms with E-state index < -0.39 is 41.9 Å². The molecule has 0 aliphatic heterocycles. The molecule has 35 heavy (non-hydrogen) atoms. The third kappa shape index (κ3) is 7.06. The maximum Gasteiger partial charge on any atom is 0.269 e. The van der Waals surface area contributed by atoms with Gasteiger partial charge in [-0.2, -0.15) is 0 Å². The van der Waals surface area contributed by atoms with Gasteiger partial charge in [0, 0.05) is 38.3 Å². The van der Waals surface area contributed by atoms with Crippen LogP contribution in [0.5, 0.6) is 5.75 Å². The van der Waals surface area contributed by atoms with Crippen molar-refractivity contribution in [2.24, 2.45) is 4.36 Å². The first kappa shape index (κ1) is 28.8. The first-order chi connectivity index (χ1) is 16.1. The molecule has 0 aliphatic carbocycles. The van der Waals surface area contributed by atoms with E-state index in [0.29, 0.717) is 5.75 Å². The quantitative estimate of drug-likeness (QED) is 0.368. The second-order valence-corrected chi connectivity index (χ2v) is 13.8. The van der Waals surface area contributed by atoms with Crippen LogP contribution < -0.4 is 9.46 Å². The van der Waals surface area contributed by atoms with E-state index in [4.69, 9.17) is 4.74 Å². The van der Waals surface area contributed by atoms with Gasteiger partial charge in [-0.1, -0.05) is 12.1 Å². The van der Waals surface area contributed by atoms with Crippen LogP contribution in [0.15, 0.2) is 46.8 Å². The van der Waals surface area contributed by atoms with Crippen LogP contribution in [0.4, 0.5) is 10.1 Å². The first-order valence-corrected chi connectivity index (χ1v) is 13.6. The molecule has 12 heteroatoms. The van der Waals surface area contributed by atoms with Crippen molar-refractivity contribution in [2.75, 3.05) is 27.0 Å². The Kier molecular flexibility index (Phi) is 9.15. The highest BCUT2D eigenvalue weighted by atomic mass is 32.2. The predicted octanol–water partition coefficient (Wildman–Crippen LogP) is 4.15. The van der Waals surface area contributed by atoms with E-state index in [2.05, 4.69) is 9.08 Å². The van der Waals surface area contributed by atoms with Crippen LogP contribution in [-0.2, 0) is 33.0 Å². The first-order valence-electron chi connectivity index (χ1n) is 10.8. The van der Waals surface area contributed by atoms with E-state index in [-0.39, 0.29) is 23.5 Å². The van der Waals surface area contributed by atoms with E-state index in [1.165, 1.54) is 14.0 Å². The van der Waals surface area contributed by atoms with Crippen LogP contribution in [0, 0.1) is 15.9 Å². The van der Waals surface area contributed by atoms with Crippen LogP contribution in [0.25, 0.3) is 0 Å². The average molecular weight is 529 g/mol. The maximum atomic E-state index is 15.1. The minimum atomic E-state index is -3.17. The van der Waals surface area contributed by atoms with Gasteiger partial charge in [-0.05, 0) is 51.5 Å². The number of ether oxygens (including phenoxy) is 1. The molecule has 0 aliphatic rings. The fraction of sp³-hybridized carbons (Fsp3) is 0.478. The van der Waals surface area contributed by atoms with Crippen LogP contribution in [0.1, 0.15) is 38.8 Å². The van der Waals surface area contributed by atoms with Gasteiger partial charge >= 0.3 is 0 Å². The molecule has 0 bridgehead atoms. The molecule has 0 heterocycles. The Morgan fingerprint density at radius 2 is 1.80 bits per heavy atom. The number of hydrogen-bond acceptors (Lipinski definition) is 6. The van der Waals surface area contributed by atoms with Crippen molar-refractivity contribution < 1.29 is 22.5 Å². The van der Waals surface area contributed by atoms with E-state index in [0.717, 1.165) is 23.8 Å². The van der Waals surface area contributed by atoms with Gasteiger partial charge in [-0.25, -0.2) is 26.2 Å². The number of halogens is 1. The van der Waals surface area contributed by atoms with Crippen molar-refractivity contribution in [1.29, 1.82) is 0 Å². The summed E-state index contributed by atoms with van der Waals surface area (Å²) < 4.78 is 55.2. The maximum absolute atomic E-state index is 15.1. The summed E-state index contributed by atoms with van der Waals surface area (Å²) in [6.07, 6.45) is 0. The van der Waals surface area contributed by atoms with Crippen molar-refractivity contribution >= 4 is 26.6 Å². The number of nitro benzene ring substituents is 1. The molecule has 9 nitrogen and oxygen atoms in total. The zero-order valence-corrected chi connectivity index (χ0v) is 22.7. The molecule has 2 rings (SSSR count). The zero-order valence-electron chi connectivity index (χ0n) is 21.0. The summed E-state index contributed by atoms with van der Waals surface area (Å²) in [4.78, 5) is 10.7. The number of nitro groups is 1. The monoisotopic (exact) mass is 528 g/mol. The van der Waals surface area contributed by atoms with Crippen LogP contribution >= 0.6 is 0 Å². The SMILES string of the molecule is CN=S(=O)(C[C@](C)(N[S@](=O)C(C)(C)C)c1cc([N+](=O)[O-])ccc1F)N(C)Cc1ccc(OC)cc1. The van der Waals surface area contributed by atoms with Gasteiger partial charge in [0.05, 0.1) is 39.1 Å². The molecule has 2 aromatic rings. The molecule has 0 radical (unpaired) electrons. The number of nitrogens with one attached hydrogen (secondary N) is 1. The summed E-state index contributed by atoms with van der Waals surface area (Å²) in [7, 11) is -0.291. The highest BCUT2D eigenvalue weighted by molar-refractivity contribution is 7.91. The lowest BCUT2D eigenvalue weighted by molar-refractivity contribution is -0.385. The summed E-state index contributed by atoms with van der Waals surface area (Å²) in [6, 6.07) is 10.3. The number of nitrogens with zero attached hydrogens (tertiary/aromatic N) is 3. The van der Waals surface area contributed by atoms with Gasteiger partial charge in [0.25, 0.3) is 5.69 Å². The molecule has 194 valence electrons. The fourth-order valence-electron chi connectivity index (χ4n) is 3.35. The third-order valence-corrected chi connectivity index (χ3v) is 9.82. The number of non-ortho nitro benzene ring substituents is 1. The Labute approximate surface area is 209 Å². The van der Waals surface area contributed by atoms with Gasteiger partial charge in [0.2, 0.25) is 0 Å². The molecule has 1 unspecified atom stereocenters. The van der Waals surface area contributed by atoms with Crippen molar-refractivity contribution in [2.45, 2.75) is 44.5 Å². The van der Waals surface area contributed by atoms with Gasteiger partial charge in [0.1, 0.15) is 21.5 Å². The molecule has 2 aromatic carbocycles. The summed E-state index contributed by atoms with van der Waals surface area (Å²) in [5.74, 6) is -0.338. The van der Waals surface area contributed by atoms with Gasteiger partial charge in [-0.15, -0.1) is 0 Å². The van der Waals surface area contributed by atoms with Gasteiger partial charge < -0.3 is 4.74 Å². The zero-order chi connectivity index (χ0) is 26.6. The molecular formula is C23H33FN4O5S2. The lowest BCUT2D eigenvalue weighted by atomic mass is 9.94. The fourth-order valence-corrected chi connectivity index (χ4v) is 6.30. The van der Waals surface area contributed by atoms with Crippen molar-refractivity contribution in [3.8, 4) is 5.75 Å². The highest BCUT2D eigenvalue weighted by Crippen LogP contribution is 2.32. The van der Waals surface area contributed by atoms with Gasteiger partial charge in [0.15, 0.2) is 0 Å². The summed E-state index contributed by atoms with van der Waals surface area (Å²) in [5.41, 5.74) is -1.11. The molecule has 0 saturated heterocycles. The highest BCUT2D eigenvalue weighted by Gasteiger charge is 2.39. The Bertz CT molecular complexity index is 1210. The van der Waals surface area contributed by atoms with E-state index in [1.54, 1.807) is 51.4 Å². The number of methoxy groups -OCH3 is 1. The van der Waals surface area contributed by atoms with Crippen LogP contribution in [0.3, 0.4) is 0 Å². The van der Waals surface area contributed by atoms with Gasteiger partial charge in [-0.3, -0.25) is 10.1 Å². The second kappa shape index (κ2) is 11.1. The largest absolute Gasteiger partial charge is 0.497 e. The average Bonchev–Trinajstić information content (AvgIpc) is 2.78. The smallest absolute Gasteiger partial charge is 0.269 e. The summed E-state index contributed by atoms with van der Waals surface area (Å²) in [5, 5.41) is 11.4. The molecular weight excluding hydrogens is 495 g/mol. The predicted molar refractivity (Wildman–Crippen MR) is 137 cm³/mol. The molecule has 1 N–H and O–H groups in total. The normalized spacial score (nSPS) is 16.3.